The Kier molecular flexibility index (Phi) is 3.85. The number of rotatable bonds is 3. The molecule has 0 spiro atoms. The van der Waals surface area contributed by atoms with Crippen LogP contribution in [0.4, 0.5) is 4.39 Å². The van der Waals surface area contributed by atoms with Gasteiger partial charge in [-0.15, -0.1) is 0 Å². The highest BCUT2D eigenvalue weighted by Gasteiger charge is 2.21. The molecule has 1 amide bonds. The second kappa shape index (κ2) is 5.56. The SMILES string of the molecule is CC(c1ccccn1)N(C)C(=O)c1ccncc1F. The van der Waals surface area contributed by atoms with Crippen LogP contribution in [0.1, 0.15) is 29.0 Å². The van der Waals surface area contributed by atoms with E-state index >= 15 is 0 Å². The first-order valence-electron chi connectivity index (χ1n) is 5.89. The zero-order valence-electron chi connectivity index (χ0n) is 10.7. The van der Waals surface area contributed by atoms with E-state index in [2.05, 4.69) is 9.97 Å². The van der Waals surface area contributed by atoms with Crippen molar-refractivity contribution in [3.63, 3.8) is 0 Å². The summed E-state index contributed by atoms with van der Waals surface area (Å²) in [6, 6.07) is 6.63. The van der Waals surface area contributed by atoms with E-state index in [-0.39, 0.29) is 11.6 Å². The Bertz CT molecular complexity index is 574. The Morgan fingerprint density at radius 2 is 2.11 bits per heavy atom. The van der Waals surface area contributed by atoms with Crippen LogP contribution in [-0.2, 0) is 0 Å². The monoisotopic (exact) mass is 259 g/mol. The van der Waals surface area contributed by atoms with Crippen LogP contribution in [0.2, 0.25) is 0 Å². The summed E-state index contributed by atoms with van der Waals surface area (Å²) in [5.74, 6) is -1.01. The quantitative estimate of drug-likeness (QED) is 0.850. The summed E-state index contributed by atoms with van der Waals surface area (Å²) in [4.78, 5) is 21.5. The van der Waals surface area contributed by atoms with Crippen molar-refractivity contribution >= 4 is 5.91 Å². The standard InChI is InChI=1S/C14H14FN3O/c1-10(13-5-3-4-7-17-13)18(2)14(19)11-6-8-16-9-12(11)15/h3-10H,1-2H3. The number of amides is 1. The van der Waals surface area contributed by atoms with E-state index in [1.807, 2.05) is 19.1 Å². The lowest BCUT2D eigenvalue weighted by Crippen LogP contribution is -2.30. The van der Waals surface area contributed by atoms with Crippen LogP contribution < -0.4 is 0 Å². The van der Waals surface area contributed by atoms with Gasteiger partial charge in [-0.1, -0.05) is 6.07 Å². The van der Waals surface area contributed by atoms with Crippen LogP contribution in [0.5, 0.6) is 0 Å². The third-order valence-corrected chi connectivity index (χ3v) is 3.02. The molecule has 2 aromatic rings. The fourth-order valence-electron chi connectivity index (χ4n) is 1.74. The number of hydrogen-bond donors (Lipinski definition) is 0. The predicted octanol–water partition coefficient (Wildman–Crippen LogP) is 2.45. The molecule has 0 N–H and O–H groups in total. The van der Waals surface area contributed by atoms with Crippen molar-refractivity contribution in [1.82, 2.24) is 14.9 Å². The normalized spacial score (nSPS) is 11.9. The Balaban J connectivity index is 2.23. The van der Waals surface area contributed by atoms with Crippen molar-refractivity contribution < 1.29 is 9.18 Å². The second-order valence-electron chi connectivity index (χ2n) is 4.20. The fourth-order valence-corrected chi connectivity index (χ4v) is 1.74. The van der Waals surface area contributed by atoms with Gasteiger partial charge in [-0.3, -0.25) is 14.8 Å². The molecule has 4 nitrogen and oxygen atoms in total. The molecule has 5 heteroatoms. The first-order valence-corrected chi connectivity index (χ1v) is 5.89. The molecule has 0 aliphatic carbocycles. The number of pyridine rings is 2. The van der Waals surface area contributed by atoms with Crippen LogP contribution in [0.3, 0.4) is 0 Å². The summed E-state index contributed by atoms with van der Waals surface area (Å²) < 4.78 is 13.5. The van der Waals surface area contributed by atoms with Crippen molar-refractivity contribution in [1.29, 1.82) is 0 Å². The first-order chi connectivity index (χ1) is 9.11. The van der Waals surface area contributed by atoms with Crippen molar-refractivity contribution in [3.05, 3.63) is 59.9 Å². The molecule has 2 heterocycles. The van der Waals surface area contributed by atoms with Gasteiger partial charge in [0.2, 0.25) is 0 Å². The van der Waals surface area contributed by atoms with Crippen LogP contribution in [0.25, 0.3) is 0 Å². The molecule has 0 fully saturated rings. The lowest BCUT2D eigenvalue weighted by molar-refractivity contribution is 0.0735. The molecule has 19 heavy (non-hydrogen) atoms. The maximum absolute atomic E-state index is 13.5. The topological polar surface area (TPSA) is 46.1 Å². The molecule has 0 aromatic carbocycles. The molecule has 0 saturated heterocycles. The summed E-state index contributed by atoms with van der Waals surface area (Å²) in [6.45, 7) is 1.85. The van der Waals surface area contributed by atoms with Crippen LogP contribution >= 0.6 is 0 Å². The maximum atomic E-state index is 13.5. The number of hydrogen-bond acceptors (Lipinski definition) is 3. The van der Waals surface area contributed by atoms with Gasteiger partial charge in [0.1, 0.15) is 0 Å². The van der Waals surface area contributed by atoms with Crippen molar-refractivity contribution in [2.75, 3.05) is 7.05 Å². The van der Waals surface area contributed by atoms with E-state index in [0.29, 0.717) is 0 Å². The molecule has 2 aromatic heterocycles. The summed E-state index contributed by atoms with van der Waals surface area (Å²) in [5.41, 5.74) is 0.771. The van der Waals surface area contributed by atoms with Gasteiger partial charge in [-0.25, -0.2) is 4.39 Å². The largest absolute Gasteiger partial charge is 0.333 e. The van der Waals surface area contributed by atoms with Crippen LogP contribution in [0.15, 0.2) is 42.9 Å². The first kappa shape index (κ1) is 13.1. The Morgan fingerprint density at radius 1 is 1.32 bits per heavy atom. The lowest BCUT2D eigenvalue weighted by Gasteiger charge is -2.24. The van der Waals surface area contributed by atoms with Gasteiger partial charge in [-0.2, -0.15) is 0 Å². The van der Waals surface area contributed by atoms with Gasteiger partial charge in [0, 0.05) is 19.4 Å². The molecule has 0 aliphatic rings. The maximum Gasteiger partial charge on any atom is 0.257 e. The summed E-state index contributed by atoms with van der Waals surface area (Å²) in [6.07, 6.45) is 4.10. The number of nitrogens with zero attached hydrogens (tertiary/aromatic N) is 3. The molecule has 98 valence electrons. The molecular weight excluding hydrogens is 245 g/mol. The van der Waals surface area contributed by atoms with Gasteiger partial charge in [0.25, 0.3) is 5.91 Å². The van der Waals surface area contributed by atoms with E-state index in [4.69, 9.17) is 0 Å². The minimum Gasteiger partial charge on any atom is -0.333 e. The molecular formula is C14H14FN3O. The second-order valence-corrected chi connectivity index (χ2v) is 4.20. The summed E-state index contributed by atoms with van der Waals surface area (Å²) >= 11 is 0. The minimum atomic E-state index is -0.618. The van der Waals surface area contributed by atoms with E-state index in [1.54, 1.807) is 19.3 Å². The smallest absolute Gasteiger partial charge is 0.257 e. The Hall–Kier alpha value is -2.30. The molecule has 2 rings (SSSR count). The fraction of sp³-hybridized carbons (Fsp3) is 0.214. The third-order valence-electron chi connectivity index (χ3n) is 3.02. The van der Waals surface area contributed by atoms with E-state index < -0.39 is 11.7 Å². The van der Waals surface area contributed by atoms with Gasteiger partial charge >= 0.3 is 0 Å². The number of carbonyl (C=O) groups excluding carboxylic acids is 1. The van der Waals surface area contributed by atoms with E-state index in [9.17, 15) is 9.18 Å². The minimum absolute atomic E-state index is 0.0141. The van der Waals surface area contributed by atoms with Gasteiger partial charge < -0.3 is 4.90 Å². The predicted molar refractivity (Wildman–Crippen MR) is 68.9 cm³/mol. The zero-order chi connectivity index (χ0) is 13.8. The van der Waals surface area contributed by atoms with Crippen LogP contribution in [-0.4, -0.2) is 27.8 Å². The highest BCUT2D eigenvalue weighted by Crippen LogP contribution is 2.19. The molecule has 1 unspecified atom stereocenters. The number of halogens is 1. The Morgan fingerprint density at radius 3 is 2.74 bits per heavy atom. The van der Waals surface area contributed by atoms with E-state index in [0.717, 1.165) is 11.9 Å². The molecule has 0 bridgehead atoms. The third kappa shape index (κ3) is 2.76. The number of aromatic nitrogens is 2. The van der Waals surface area contributed by atoms with Crippen molar-refractivity contribution in [2.45, 2.75) is 13.0 Å². The summed E-state index contributed by atoms with van der Waals surface area (Å²) in [7, 11) is 1.63. The number of carbonyl (C=O) groups is 1. The Labute approximate surface area is 110 Å². The van der Waals surface area contributed by atoms with Gasteiger partial charge in [-0.05, 0) is 25.1 Å². The highest BCUT2D eigenvalue weighted by molar-refractivity contribution is 5.94. The average molecular weight is 259 g/mol. The highest BCUT2D eigenvalue weighted by atomic mass is 19.1. The van der Waals surface area contributed by atoms with E-state index in [1.165, 1.54) is 17.2 Å². The lowest BCUT2D eigenvalue weighted by atomic mass is 10.1. The van der Waals surface area contributed by atoms with Gasteiger partial charge in [0.05, 0.1) is 23.5 Å². The molecule has 0 saturated carbocycles. The molecule has 0 radical (unpaired) electrons. The zero-order valence-corrected chi connectivity index (χ0v) is 10.7. The van der Waals surface area contributed by atoms with Gasteiger partial charge in [0.15, 0.2) is 5.82 Å². The van der Waals surface area contributed by atoms with Crippen molar-refractivity contribution in [2.24, 2.45) is 0 Å². The van der Waals surface area contributed by atoms with Crippen molar-refractivity contribution in [3.8, 4) is 0 Å². The average Bonchev–Trinajstić information content (AvgIpc) is 2.46. The molecule has 1 atom stereocenters. The summed E-state index contributed by atoms with van der Waals surface area (Å²) in [5, 5.41) is 0. The molecule has 0 aliphatic heterocycles. The van der Waals surface area contributed by atoms with Crippen LogP contribution in [0, 0.1) is 5.82 Å².